The van der Waals surface area contributed by atoms with Gasteiger partial charge in [-0.15, -0.1) is 0 Å². The molecule has 1 aromatic carbocycles. The minimum absolute atomic E-state index is 0.0245. The van der Waals surface area contributed by atoms with Gasteiger partial charge in [0.25, 0.3) is 0 Å². The number of carbonyl (C=O) groups excluding carboxylic acids is 1. The number of amides is 2. The van der Waals surface area contributed by atoms with Crippen LogP contribution >= 0.6 is 0 Å². The minimum atomic E-state index is -3.21. The number of sulfone groups is 1. The fraction of sp³-hybridized carbons (Fsp3) is 0.611. The van der Waals surface area contributed by atoms with Crippen molar-refractivity contribution in [2.75, 3.05) is 12.3 Å². The molecule has 0 aromatic heterocycles. The van der Waals surface area contributed by atoms with Gasteiger partial charge < -0.3 is 10.2 Å². The van der Waals surface area contributed by atoms with E-state index in [1.54, 1.807) is 12.1 Å². The SMILES string of the molecule is O=C(N[C@H]1CCS(=O)(=O)c2ccccc21)N1CC[C@H]2CCCC[C@H]21. The van der Waals surface area contributed by atoms with Crippen molar-refractivity contribution in [3.05, 3.63) is 29.8 Å². The normalized spacial score (nSPS) is 31.2. The summed E-state index contributed by atoms with van der Waals surface area (Å²) in [7, 11) is -3.21. The number of urea groups is 1. The van der Waals surface area contributed by atoms with E-state index >= 15 is 0 Å². The monoisotopic (exact) mass is 348 g/mol. The predicted octanol–water partition coefficient (Wildman–Crippen LogP) is 2.88. The average Bonchev–Trinajstić information content (AvgIpc) is 3.02. The van der Waals surface area contributed by atoms with Gasteiger partial charge in [0, 0.05) is 12.6 Å². The molecule has 24 heavy (non-hydrogen) atoms. The third-order valence-electron chi connectivity index (χ3n) is 5.87. The van der Waals surface area contributed by atoms with Gasteiger partial charge in [0.05, 0.1) is 16.7 Å². The number of hydrogen-bond donors (Lipinski definition) is 1. The summed E-state index contributed by atoms with van der Waals surface area (Å²) in [6.07, 6.45) is 6.38. The Hall–Kier alpha value is -1.56. The molecule has 1 aromatic rings. The molecule has 4 rings (SSSR count). The molecule has 5 nitrogen and oxygen atoms in total. The van der Waals surface area contributed by atoms with Gasteiger partial charge in [0.1, 0.15) is 0 Å². The summed E-state index contributed by atoms with van der Waals surface area (Å²) in [5.41, 5.74) is 0.733. The predicted molar refractivity (Wildman–Crippen MR) is 91.5 cm³/mol. The fourth-order valence-corrected chi connectivity index (χ4v) is 6.25. The topological polar surface area (TPSA) is 66.5 Å². The minimum Gasteiger partial charge on any atom is -0.331 e. The first-order valence-electron chi connectivity index (χ1n) is 8.95. The number of likely N-dealkylation sites (tertiary alicyclic amines) is 1. The van der Waals surface area contributed by atoms with E-state index in [0.29, 0.717) is 23.3 Å². The molecule has 2 aliphatic heterocycles. The highest BCUT2D eigenvalue weighted by molar-refractivity contribution is 7.91. The number of rotatable bonds is 1. The maximum absolute atomic E-state index is 12.8. The summed E-state index contributed by atoms with van der Waals surface area (Å²) in [6, 6.07) is 7.20. The molecule has 2 amide bonds. The molecule has 1 aliphatic carbocycles. The molecule has 6 heteroatoms. The highest BCUT2D eigenvalue weighted by Gasteiger charge is 2.39. The number of fused-ring (bicyclic) bond motifs is 2. The number of hydrogen-bond acceptors (Lipinski definition) is 3. The summed E-state index contributed by atoms with van der Waals surface area (Å²) >= 11 is 0. The van der Waals surface area contributed by atoms with Crippen molar-refractivity contribution in [1.29, 1.82) is 0 Å². The molecule has 0 radical (unpaired) electrons. The van der Waals surface area contributed by atoms with Crippen molar-refractivity contribution >= 4 is 15.9 Å². The van der Waals surface area contributed by atoms with Gasteiger partial charge in [0.2, 0.25) is 0 Å². The van der Waals surface area contributed by atoms with E-state index in [2.05, 4.69) is 5.32 Å². The molecule has 3 atom stereocenters. The second-order valence-electron chi connectivity index (χ2n) is 7.24. The molecule has 0 spiro atoms. The van der Waals surface area contributed by atoms with E-state index < -0.39 is 9.84 Å². The van der Waals surface area contributed by atoms with Gasteiger partial charge in [-0.25, -0.2) is 13.2 Å². The van der Waals surface area contributed by atoms with Gasteiger partial charge >= 0.3 is 6.03 Å². The molecule has 2 heterocycles. The van der Waals surface area contributed by atoms with Gasteiger partial charge in [-0.05, 0) is 43.2 Å². The summed E-state index contributed by atoms with van der Waals surface area (Å²) in [5.74, 6) is 0.754. The van der Waals surface area contributed by atoms with Crippen molar-refractivity contribution < 1.29 is 13.2 Å². The molecule has 1 saturated carbocycles. The fourth-order valence-electron chi connectivity index (χ4n) is 4.63. The van der Waals surface area contributed by atoms with E-state index in [0.717, 1.165) is 24.9 Å². The standard InChI is InChI=1S/C18H24N2O3S/c21-18(20-11-9-13-5-1-3-7-16(13)20)19-15-10-12-24(22,23)17-8-4-2-6-14(15)17/h2,4,6,8,13,15-16H,1,3,5,7,9-12H2,(H,19,21)/t13-,15+,16-/m1/s1. The summed E-state index contributed by atoms with van der Waals surface area (Å²) in [4.78, 5) is 15.2. The van der Waals surface area contributed by atoms with Gasteiger partial charge in [-0.2, -0.15) is 0 Å². The van der Waals surface area contributed by atoms with Crippen LogP contribution in [-0.4, -0.2) is 37.7 Å². The first-order valence-corrected chi connectivity index (χ1v) is 10.6. The highest BCUT2D eigenvalue weighted by Crippen LogP contribution is 2.37. The van der Waals surface area contributed by atoms with Crippen LogP contribution in [0.25, 0.3) is 0 Å². The van der Waals surface area contributed by atoms with Crippen molar-refractivity contribution in [1.82, 2.24) is 10.2 Å². The maximum Gasteiger partial charge on any atom is 0.318 e. The molecular weight excluding hydrogens is 324 g/mol. The molecule has 0 bridgehead atoms. The van der Waals surface area contributed by atoms with Crippen LogP contribution in [0.5, 0.6) is 0 Å². The van der Waals surface area contributed by atoms with Gasteiger partial charge in [-0.3, -0.25) is 0 Å². The van der Waals surface area contributed by atoms with Crippen LogP contribution in [0, 0.1) is 5.92 Å². The lowest BCUT2D eigenvalue weighted by Crippen LogP contribution is -2.47. The quantitative estimate of drug-likeness (QED) is 0.848. The number of nitrogens with one attached hydrogen (secondary N) is 1. The summed E-state index contributed by atoms with van der Waals surface area (Å²) in [5, 5.41) is 3.11. The Morgan fingerprint density at radius 3 is 2.75 bits per heavy atom. The molecular formula is C18H24N2O3S. The average molecular weight is 348 g/mol. The third-order valence-corrected chi connectivity index (χ3v) is 7.69. The molecule has 0 unspecified atom stereocenters. The second kappa shape index (κ2) is 6.06. The van der Waals surface area contributed by atoms with Crippen LogP contribution in [-0.2, 0) is 9.84 Å². The lowest BCUT2D eigenvalue weighted by Gasteiger charge is -2.34. The molecule has 1 N–H and O–H groups in total. The van der Waals surface area contributed by atoms with Gasteiger partial charge in [0.15, 0.2) is 9.84 Å². The highest BCUT2D eigenvalue weighted by atomic mass is 32.2. The summed E-state index contributed by atoms with van der Waals surface area (Å²) < 4.78 is 24.5. The lowest BCUT2D eigenvalue weighted by molar-refractivity contribution is 0.166. The molecule has 2 fully saturated rings. The molecule has 3 aliphatic rings. The maximum atomic E-state index is 12.8. The van der Waals surface area contributed by atoms with Crippen LogP contribution in [0.4, 0.5) is 4.79 Å². The Balaban J connectivity index is 1.52. The smallest absolute Gasteiger partial charge is 0.318 e. The Bertz CT molecular complexity index is 746. The van der Waals surface area contributed by atoms with Crippen LogP contribution in [0.15, 0.2) is 29.2 Å². The van der Waals surface area contributed by atoms with Crippen LogP contribution in [0.1, 0.15) is 50.1 Å². The number of carbonyl (C=O) groups is 1. The first kappa shape index (κ1) is 15.9. The zero-order valence-corrected chi connectivity index (χ0v) is 14.6. The Morgan fingerprint density at radius 1 is 1.08 bits per heavy atom. The van der Waals surface area contributed by atoms with Gasteiger partial charge in [-0.1, -0.05) is 31.0 Å². The van der Waals surface area contributed by atoms with E-state index in [1.807, 2.05) is 17.0 Å². The van der Waals surface area contributed by atoms with Crippen molar-refractivity contribution in [3.8, 4) is 0 Å². The lowest BCUT2D eigenvalue weighted by atomic mass is 9.85. The van der Waals surface area contributed by atoms with E-state index in [-0.39, 0.29) is 17.8 Å². The van der Waals surface area contributed by atoms with Crippen LogP contribution < -0.4 is 5.32 Å². The molecule has 1 saturated heterocycles. The first-order chi connectivity index (χ1) is 11.6. The van der Waals surface area contributed by atoms with Crippen molar-refractivity contribution in [3.63, 3.8) is 0 Å². The Morgan fingerprint density at radius 2 is 1.88 bits per heavy atom. The van der Waals surface area contributed by atoms with Crippen LogP contribution in [0.3, 0.4) is 0 Å². The Kier molecular flexibility index (Phi) is 4.03. The number of benzene rings is 1. The van der Waals surface area contributed by atoms with Crippen molar-refractivity contribution in [2.45, 2.75) is 55.5 Å². The van der Waals surface area contributed by atoms with Crippen molar-refractivity contribution in [2.24, 2.45) is 5.92 Å². The zero-order valence-electron chi connectivity index (χ0n) is 13.8. The Labute approximate surface area is 143 Å². The second-order valence-corrected chi connectivity index (χ2v) is 9.32. The third kappa shape index (κ3) is 2.70. The summed E-state index contributed by atoms with van der Waals surface area (Å²) in [6.45, 7) is 0.827. The largest absolute Gasteiger partial charge is 0.331 e. The number of nitrogens with zero attached hydrogens (tertiary/aromatic N) is 1. The van der Waals surface area contributed by atoms with Crippen LogP contribution in [0.2, 0.25) is 0 Å². The van der Waals surface area contributed by atoms with E-state index in [1.165, 1.54) is 19.3 Å². The zero-order chi connectivity index (χ0) is 16.7. The van der Waals surface area contributed by atoms with E-state index in [9.17, 15) is 13.2 Å². The molecule has 130 valence electrons. The van der Waals surface area contributed by atoms with E-state index in [4.69, 9.17) is 0 Å².